The van der Waals surface area contributed by atoms with E-state index in [2.05, 4.69) is 15.0 Å². The summed E-state index contributed by atoms with van der Waals surface area (Å²) >= 11 is 0. The fourth-order valence-electron chi connectivity index (χ4n) is 2.17. The van der Waals surface area contributed by atoms with Gasteiger partial charge in [-0.1, -0.05) is 6.07 Å². The number of nitrogens with zero attached hydrogens (tertiary/aromatic N) is 4. The van der Waals surface area contributed by atoms with Gasteiger partial charge in [0.1, 0.15) is 11.8 Å². The van der Waals surface area contributed by atoms with Gasteiger partial charge in [-0.15, -0.1) is 0 Å². The van der Waals surface area contributed by atoms with Crippen LogP contribution < -0.4 is 9.47 Å². The highest BCUT2D eigenvalue weighted by molar-refractivity contribution is 5.68. The number of hydrogen-bond acceptors (Lipinski definition) is 5. The highest BCUT2D eigenvalue weighted by Crippen LogP contribution is 2.32. The maximum atomic E-state index is 5.37. The minimum Gasteiger partial charge on any atom is -0.454 e. The molecule has 2 aromatic heterocycles. The molecule has 0 spiro atoms. The average Bonchev–Trinajstić information content (AvgIpc) is 3.06. The molecule has 0 saturated heterocycles. The molecule has 6 heteroatoms. The van der Waals surface area contributed by atoms with Crippen LogP contribution in [0.15, 0.2) is 37.1 Å². The van der Waals surface area contributed by atoms with Crippen LogP contribution in [0.3, 0.4) is 0 Å². The second kappa shape index (κ2) is 3.94. The number of hydrogen-bond donors (Lipinski definition) is 0. The van der Waals surface area contributed by atoms with Gasteiger partial charge >= 0.3 is 0 Å². The second-order valence-electron chi connectivity index (χ2n) is 4.29. The van der Waals surface area contributed by atoms with Gasteiger partial charge in [-0.2, -0.15) is 0 Å². The average molecular weight is 254 g/mol. The lowest BCUT2D eigenvalue weighted by Gasteiger charge is -2.04. The molecular weight excluding hydrogens is 244 g/mol. The summed E-state index contributed by atoms with van der Waals surface area (Å²) in [5.74, 6) is 1.58. The van der Waals surface area contributed by atoms with Crippen LogP contribution in [0, 0.1) is 0 Å². The van der Waals surface area contributed by atoms with Gasteiger partial charge in [0.05, 0.1) is 19.1 Å². The van der Waals surface area contributed by atoms with Crippen LogP contribution in [0.1, 0.15) is 5.56 Å². The summed E-state index contributed by atoms with van der Waals surface area (Å²) in [6, 6.07) is 5.92. The fourth-order valence-corrected chi connectivity index (χ4v) is 2.17. The quantitative estimate of drug-likeness (QED) is 0.695. The van der Waals surface area contributed by atoms with E-state index in [1.807, 2.05) is 22.8 Å². The van der Waals surface area contributed by atoms with Crippen LogP contribution in [0.2, 0.25) is 0 Å². The molecule has 0 radical (unpaired) electrons. The molecule has 0 saturated carbocycles. The number of aromatic nitrogens is 4. The molecule has 0 amide bonds. The topological polar surface area (TPSA) is 62.1 Å². The first-order valence-corrected chi connectivity index (χ1v) is 5.89. The SMILES string of the molecule is c1ncc2ncn(Cc3ccc4c(c3)OCO4)c2n1. The highest BCUT2D eigenvalue weighted by Gasteiger charge is 2.13. The zero-order valence-electron chi connectivity index (χ0n) is 9.98. The molecule has 1 aliphatic heterocycles. The molecular formula is C13H10N4O2. The Kier molecular flexibility index (Phi) is 2.14. The molecule has 3 heterocycles. The molecule has 1 aromatic carbocycles. The third kappa shape index (κ3) is 1.69. The zero-order valence-corrected chi connectivity index (χ0v) is 9.98. The van der Waals surface area contributed by atoms with Gasteiger partial charge in [0.25, 0.3) is 0 Å². The summed E-state index contributed by atoms with van der Waals surface area (Å²) in [7, 11) is 0. The molecule has 94 valence electrons. The van der Waals surface area contributed by atoms with E-state index in [1.54, 1.807) is 12.5 Å². The number of fused-ring (bicyclic) bond motifs is 2. The van der Waals surface area contributed by atoms with E-state index < -0.39 is 0 Å². The Morgan fingerprint density at radius 2 is 2.11 bits per heavy atom. The van der Waals surface area contributed by atoms with Crippen LogP contribution >= 0.6 is 0 Å². The molecule has 0 unspecified atom stereocenters. The minimum absolute atomic E-state index is 0.292. The monoisotopic (exact) mass is 254 g/mol. The highest BCUT2D eigenvalue weighted by atomic mass is 16.7. The Morgan fingerprint density at radius 3 is 3.11 bits per heavy atom. The Morgan fingerprint density at radius 1 is 1.16 bits per heavy atom. The molecule has 6 nitrogen and oxygen atoms in total. The summed E-state index contributed by atoms with van der Waals surface area (Å²) in [5.41, 5.74) is 2.73. The molecule has 0 bridgehead atoms. The Labute approximate surface area is 108 Å². The zero-order chi connectivity index (χ0) is 12.7. The summed E-state index contributed by atoms with van der Waals surface area (Å²) in [6.07, 6.45) is 5.00. The van der Waals surface area contributed by atoms with E-state index >= 15 is 0 Å². The van der Waals surface area contributed by atoms with Crippen molar-refractivity contribution in [2.24, 2.45) is 0 Å². The van der Waals surface area contributed by atoms with E-state index in [1.165, 1.54) is 6.33 Å². The molecule has 1 aliphatic rings. The van der Waals surface area contributed by atoms with Gasteiger partial charge in [0.15, 0.2) is 17.1 Å². The maximum absolute atomic E-state index is 5.37. The molecule has 19 heavy (non-hydrogen) atoms. The van der Waals surface area contributed by atoms with Crippen molar-refractivity contribution in [3.63, 3.8) is 0 Å². The molecule has 0 N–H and O–H groups in total. The second-order valence-corrected chi connectivity index (χ2v) is 4.29. The number of ether oxygens (including phenoxy) is 2. The van der Waals surface area contributed by atoms with Crippen molar-refractivity contribution in [2.75, 3.05) is 6.79 Å². The third-order valence-corrected chi connectivity index (χ3v) is 3.07. The lowest BCUT2D eigenvalue weighted by atomic mass is 10.2. The fraction of sp³-hybridized carbons (Fsp3) is 0.154. The van der Waals surface area contributed by atoms with Gasteiger partial charge in [0.2, 0.25) is 6.79 Å². The smallest absolute Gasteiger partial charge is 0.231 e. The van der Waals surface area contributed by atoms with Crippen LogP contribution in [0.5, 0.6) is 11.5 Å². The Bertz CT molecular complexity index is 753. The first-order valence-electron chi connectivity index (χ1n) is 5.89. The van der Waals surface area contributed by atoms with Crippen molar-refractivity contribution in [1.82, 2.24) is 19.5 Å². The summed E-state index contributed by atoms with van der Waals surface area (Å²) in [6.45, 7) is 0.976. The van der Waals surface area contributed by atoms with Crippen LogP contribution in [0.25, 0.3) is 11.2 Å². The molecule has 0 fully saturated rings. The Balaban J connectivity index is 1.71. The summed E-state index contributed by atoms with van der Waals surface area (Å²) in [4.78, 5) is 12.5. The van der Waals surface area contributed by atoms with Crippen molar-refractivity contribution < 1.29 is 9.47 Å². The van der Waals surface area contributed by atoms with Crippen molar-refractivity contribution >= 4 is 11.2 Å². The van der Waals surface area contributed by atoms with Gasteiger partial charge in [-0.3, -0.25) is 0 Å². The molecule has 4 rings (SSSR count). The number of benzene rings is 1. The van der Waals surface area contributed by atoms with E-state index in [-0.39, 0.29) is 0 Å². The van der Waals surface area contributed by atoms with Crippen molar-refractivity contribution in [3.05, 3.63) is 42.6 Å². The lowest BCUT2D eigenvalue weighted by molar-refractivity contribution is 0.174. The van der Waals surface area contributed by atoms with Gasteiger partial charge in [0, 0.05) is 0 Å². The van der Waals surface area contributed by atoms with Gasteiger partial charge < -0.3 is 14.0 Å². The largest absolute Gasteiger partial charge is 0.454 e. The maximum Gasteiger partial charge on any atom is 0.231 e. The summed E-state index contributed by atoms with van der Waals surface area (Å²) < 4.78 is 12.7. The molecule has 0 atom stereocenters. The van der Waals surface area contributed by atoms with E-state index in [0.717, 1.165) is 28.2 Å². The molecule has 3 aromatic rings. The van der Waals surface area contributed by atoms with E-state index in [9.17, 15) is 0 Å². The van der Waals surface area contributed by atoms with Crippen LogP contribution in [0.4, 0.5) is 0 Å². The number of imidazole rings is 1. The lowest BCUT2D eigenvalue weighted by Crippen LogP contribution is -1.99. The first kappa shape index (κ1) is 10.3. The van der Waals surface area contributed by atoms with Gasteiger partial charge in [-0.25, -0.2) is 15.0 Å². The normalized spacial score (nSPS) is 13.1. The van der Waals surface area contributed by atoms with Crippen LogP contribution in [-0.2, 0) is 6.54 Å². The standard InChI is InChI=1S/C13H10N4O2/c1-2-11-12(19-8-18-11)3-9(1)5-17-7-16-10-4-14-6-15-13(10)17/h1-4,6-7H,5,8H2. The van der Waals surface area contributed by atoms with Crippen molar-refractivity contribution in [2.45, 2.75) is 6.54 Å². The first-order chi connectivity index (χ1) is 9.40. The minimum atomic E-state index is 0.292. The predicted octanol–water partition coefficient (Wildman–Crippen LogP) is 1.60. The summed E-state index contributed by atoms with van der Waals surface area (Å²) in [5, 5.41) is 0. The van der Waals surface area contributed by atoms with E-state index in [4.69, 9.17) is 9.47 Å². The predicted molar refractivity (Wildman–Crippen MR) is 67.0 cm³/mol. The Hall–Kier alpha value is -2.63. The van der Waals surface area contributed by atoms with Crippen LogP contribution in [-0.4, -0.2) is 26.3 Å². The number of rotatable bonds is 2. The molecule has 0 aliphatic carbocycles. The van der Waals surface area contributed by atoms with Crippen molar-refractivity contribution in [1.29, 1.82) is 0 Å². The van der Waals surface area contributed by atoms with Crippen molar-refractivity contribution in [3.8, 4) is 11.5 Å². The van der Waals surface area contributed by atoms with Gasteiger partial charge in [-0.05, 0) is 17.7 Å². The third-order valence-electron chi connectivity index (χ3n) is 3.07. The van der Waals surface area contributed by atoms with E-state index in [0.29, 0.717) is 13.3 Å².